The van der Waals surface area contributed by atoms with Crippen LogP contribution in [0.3, 0.4) is 0 Å². The maximum atomic E-state index is 13.1. The lowest BCUT2D eigenvalue weighted by Crippen LogP contribution is -2.30. The predicted octanol–water partition coefficient (Wildman–Crippen LogP) is 22.4. The molecule has 0 bridgehead atoms. The van der Waals surface area contributed by atoms with Crippen molar-refractivity contribution in [2.45, 2.75) is 367 Å². The zero-order valence-corrected chi connectivity index (χ0v) is 64.0. The number of carbonyl (C=O) groups excluding carboxylic acids is 4. The van der Waals surface area contributed by atoms with Gasteiger partial charge in [-0.05, 0) is 116 Å². The fraction of sp³-hybridized carbons (Fsp3) is 0.797. The Kier molecular flexibility index (Phi) is 69.3. The molecule has 0 saturated carbocycles. The third-order valence-electron chi connectivity index (χ3n) is 16.6. The first-order chi connectivity index (χ1) is 47.7. The molecule has 0 spiro atoms. The molecule has 0 amide bonds. The van der Waals surface area contributed by atoms with Crippen molar-refractivity contribution < 1.29 is 80.2 Å². The Hall–Kier alpha value is -3.50. The van der Waals surface area contributed by atoms with Crippen molar-refractivity contribution in [2.75, 3.05) is 39.6 Å². The molecule has 0 heterocycles. The van der Waals surface area contributed by atoms with Crippen LogP contribution >= 0.6 is 15.6 Å². The summed E-state index contributed by atoms with van der Waals surface area (Å²) in [7, 11) is -9.94. The van der Waals surface area contributed by atoms with Crippen LogP contribution < -0.4 is 0 Å². The SMILES string of the molecule is CCC/C=C\C/C=C\CCCCCCCC(=O)OCC(COP(=O)(O)OCC(O)COP(=O)(O)OCC(COC(=O)CCCCCCCC/C=C\C/C=C\C/C=C\CCCCC)OC(=O)CCCCCCC/C=C\CCCCCCCC)OC(=O)CCCCCCCCCCCCC. The van der Waals surface area contributed by atoms with E-state index in [0.717, 1.165) is 173 Å². The third-order valence-corrected chi connectivity index (χ3v) is 18.5. The molecule has 3 N–H and O–H groups in total. The molecule has 0 fully saturated rings. The smallest absolute Gasteiger partial charge is 0.462 e. The summed E-state index contributed by atoms with van der Waals surface area (Å²) in [6.07, 6.45) is 71.7. The lowest BCUT2D eigenvalue weighted by Gasteiger charge is -2.21. The molecule has 98 heavy (non-hydrogen) atoms. The van der Waals surface area contributed by atoms with Gasteiger partial charge in [0, 0.05) is 25.7 Å². The van der Waals surface area contributed by atoms with E-state index in [9.17, 15) is 43.2 Å². The zero-order chi connectivity index (χ0) is 71.8. The van der Waals surface area contributed by atoms with E-state index in [0.29, 0.717) is 25.7 Å². The Balaban J connectivity index is 5.32. The first kappa shape index (κ1) is 94.5. The molecule has 0 rings (SSSR count). The summed E-state index contributed by atoms with van der Waals surface area (Å²) < 4.78 is 68.5. The molecule has 0 aliphatic carbocycles. The maximum absolute atomic E-state index is 13.1. The Morgan fingerprint density at radius 3 is 0.837 bits per heavy atom. The van der Waals surface area contributed by atoms with Gasteiger partial charge in [-0.3, -0.25) is 37.3 Å². The number of esters is 4. The third kappa shape index (κ3) is 70.9. The molecule has 0 aromatic heterocycles. The lowest BCUT2D eigenvalue weighted by molar-refractivity contribution is -0.161. The van der Waals surface area contributed by atoms with Crippen LogP contribution in [-0.2, 0) is 65.4 Å². The number of ether oxygens (including phenoxy) is 4. The van der Waals surface area contributed by atoms with Crippen molar-refractivity contribution in [1.29, 1.82) is 0 Å². The number of rotatable bonds is 74. The molecular formula is C79H142O17P2. The first-order valence-corrected chi connectivity index (χ1v) is 42.2. The van der Waals surface area contributed by atoms with Crippen molar-refractivity contribution in [3.8, 4) is 0 Å². The standard InChI is InChI=1S/C79H142O17P2/c1-5-9-13-17-21-25-29-32-34-35-36-37-39-41-45-48-52-56-60-64-77(82)90-70-75(96-79(84)66-62-58-54-50-46-42-38-33-30-26-22-18-14-10-6-2)72-94-98(87,88)92-68-73(80)67-91-97(85,86)93-71-74(95-78(83)65-61-57-53-49-43-28-24-20-16-12-8-4)69-89-76(81)63-59-55-51-47-44-40-31-27-23-19-15-11-7-3/h15,19,21,25,27,31-34,36-38,73-75,80H,5-14,16-18,20,22-24,26,28-30,35,39-72H2,1-4H3,(H,85,86)(H,87,88)/b19-15-,25-21-,31-27-,34-32-,37-36-,38-33-. The van der Waals surface area contributed by atoms with Crippen molar-refractivity contribution in [3.05, 3.63) is 72.9 Å². The molecule has 0 saturated heterocycles. The summed E-state index contributed by atoms with van der Waals surface area (Å²) in [6.45, 7) is 4.78. The molecule has 0 aromatic carbocycles. The Bertz CT molecular complexity index is 2140. The van der Waals surface area contributed by atoms with Crippen molar-refractivity contribution in [3.63, 3.8) is 0 Å². The van der Waals surface area contributed by atoms with Crippen LogP contribution in [0, 0.1) is 0 Å². The molecule has 0 aliphatic rings. The molecule has 570 valence electrons. The van der Waals surface area contributed by atoms with Crippen LogP contribution in [0.25, 0.3) is 0 Å². The zero-order valence-electron chi connectivity index (χ0n) is 62.2. The van der Waals surface area contributed by atoms with Crippen LogP contribution in [0.2, 0.25) is 0 Å². The molecule has 17 nitrogen and oxygen atoms in total. The number of phosphoric acid groups is 2. The fourth-order valence-corrected chi connectivity index (χ4v) is 12.2. The second-order valence-corrected chi connectivity index (χ2v) is 29.2. The number of aliphatic hydroxyl groups is 1. The van der Waals surface area contributed by atoms with Gasteiger partial charge < -0.3 is 33.8 Å². The monoisotopic (exact) mass is 1420 g/mol. The van der Waals surface area contributed by atoms with Gasteiger partial charge in [-0.25, -0.2) is 9.13 Å². The van der Waals surface area contributed by atoms with Crippen LogP contribution in [0.5, 0.6) is 0 Å². The average Bonchev–Trinajstić information content (AvgIpc) is 0.991. The summed E-state index contributed by atoms with van der Waals surface area (Å²) in [6, 6.07) is 0. The molecule has 5 unspecified atom stereocenters. The summed E-state index contributed by atoms with van der Waals surface area (Å²) in [4.78, 5) is 72.8. The number of allylic oxidation sites excluding steroid dienone is 12. The molecule has 0 aromatic rings. The minimum Gasteiger partial charge on any atom is -0.462 e. The lowest BCUT2D eigenvalue weighted by atomic mass is 10.1. The van der Waals surface area contributed by atoms with Gasteiger partial charge in [0.2, 0.25) is 0 Å². The van der Waals surface area contributed by atoms with E-state index < -0.39 is 97.5 Å². The summed E-state index contributed by atoms with van der Waals surface area (Å²) >= 11 is 0. The van der Waals surface area contributed by atoms with Crippen LogP contribution in [-0.4, -0.2) is 96.7 Å². The molecule has 19 heteroatoms. The molecule has 0 radical (unpaired) electrons. The quantitative estimate of drug-likeness (QED) is 0.0169. The van der Waals surface area contributed by atoms with E-state index in [2.05, 4.69) is 101 Å². The minimum atomic E-state index is -4.98. The average molecular weight is 1430 g/mol. The van der Waals surface area contributed by atoms with E-state index in [1.165, 1.54) is 96.3 Å². The Morgan fingerprint density at radius 2 is 0.520 bits per heavy atom. The summed E-state index contributed by atoms with van der Waals surface area (Å²) in [5, 5.41) is 10.6. The molecule has 5 atom stereocenters. The number of hydrogen-bond donors (Lipinski definition) is 3. The van der Waals surface area contributed by atoms with Gasteiger partial charge in [-0.2, -0.15) is 0 Å². The highest BCUT2D eigenvalue weighted by molar-refractivity contribution is 7.47. The highest BCUT2D eigenvalue weighted by Crippen LogP contribution is 2.45. The normalized spacial score (nSPS) is 14.3. The first-order valence-electron chi connectivity index (χ1n) is 39.2. The number of hydrogen-bond acceptors (Lipinski definition) is 15. The fourth-order valence-electron chi connectivity index (χ4n) is 10.6. The second-order valence-electron chi connectivity index (χ2n) is 26.3. The summed E-state index contributed by atoms with van der Waals surface area (Å²) in [5.41, 5.74) is 0. The van der Waals surface area contributed by atoms with E-state index in [1.807, 2.05) is 0 Å². The van der Waals surface area contributed by atoms with Gasteiger partial charge in [0.05, 0.1) is 26.4 Å². The van der Waals surface area contributed by atoms with E-state index in [4.69, 9.17) is 37.0 Å². The number of aliphatic hydroxyl groups excluding tert-OH is 1. The second kappa shape index (κ2) is 71.9. The van der Waals surface area contributed by atoms with Crippen LogP contribution in [0.4, 0.5) is 0 Å². The minimum absolute atomic E-state index is 0.0847. The maximum Gasteiger partial charge on any atom is 0.472 e. The van der Waals surface area contributed by atoms with Crippen molar-refractivity contribution in [1.82, 2.24) is 0 Å². The molecular weight excluding hydrogens is 1280 g/mol. The number of unbranched alkanes of at least 4 members (excludes halogenated alkanes) is 36. The predicted molar refractivity (Wildman–Crippen MR) is 400 cm³/mol. The van der Waals surface area contributed by atoms with Gasteiger partial charge in [0.25, 0.3) is 0 Å². The Labute approximate surface area is 596 Å². The molecule has 0 aliphatic heterocycles. The number of carbonyl (C=O) groups is 4. The van der Waals surface area contributed by atoms with E-state index in [-0.39, 0.29) is 25.7 Å². The van der Waals surface area contributed by atoms with Gasteiger partial charge in [-0.1, -0.05) is 280 Å². The van der Waals surface area contributed by atoms with Crippen molar-refractivity contribution in [2.24, 2.45) is 0 Å². The Morgan fingerprint density at radius 1 is 0.286 bits per heavy atom. The van der Waals surface area contributed by atoms with Gasteiger partial charge in [-0.15, -0.1) is 0 Å². The van der Waals surface area contributed by atoms with E-state index >= 15 is 0 Å². The van der Waals surface area contributed by atoms with Gasteiger partial charge in [0.15, 0.2) is 12.2 Å². The van der Waals surface area contributed by atoms with Crippen LogP contribution in [0.1, 0.15) is 349 Å². The summed E-state index contributed by atoms with van der Waals surface area (Å²) in [5.74, 6) is -2.19. The van der Waals surface area contributed by atoms with Gasteiger partial charge in [0.1, 0.15) is 19.3 Å². The highest BCUT2D eigenvalue weighted by atomic mass is 31.2. The van der Waals surface area contributed by atoms with Gasteiger partial charge >= 0.3 is 39.5 Å². The highest BCUT2D eigenvalue weighted by Gasteiger charge is 2.30. The van der Waals surface area contributed by atoms with Crippen LogP contribution in [0.15, 0.2) is 72.9 Å². The van der Waals surface area contributed by atoms with Crippen molar-refractivity contribution >= 4 is 39.5 Å². The number of phosphoric ester groups is 2. The van der Waals surface area contributed by atoms with E-state index in [1.54, 1.807) is 0 Å². The topological polar surface area (TPSA) is 237 Å². The largest absolute Gasteiger partial charge is 0.472 e.